The van der Waals surface area contributed by atoms with Crippen LogP contribution in [0.3, 0.4) is 0 Å². The molecule has 0 aliphatic carbocycles. The maximum atomic E-state index is 9.95. The third-order valence-corrected chi connectivity index (χ3v) is 5.46. The fraction of sp³-hybridized carbons (Fsp3) is 1.00. The third-order valence-electron chi connectivity index (χ3n) is 5.46. The molecule has 0 aromatic carbocycles. The van der Waals surface area contributed by atoms with Gasteiger partial charge in [-0.25, -0.2) is 0 Å². The molecule has 4 unspecified atom stereocenters. The molecule has 0 spiro atoms. The van der Waals surface area contributed by atoms with E-state index in [4.69, 9.17) is 4.74 Å². The molecule has 24 heavy (non-hydrogen) atoms. The van der Waals surface area contributed by atoms with E-state index in [2.05, 4.69) is 0 Å². The van der Waals surface area contributed by atoms with Crippen molar-refractivity contribution in [3.05, 3.63) is 0 Å². The highest BCUT2D eigenvalue weighted by Gasteiger charge is 2.40. The van der Waals surface area contributed by atoms with Crippen molar-refractivity contribution >= 4 is 0 Å². The Balaban J connectivity index is 1.51. The number of aliphatic hydroxyl groups is 4. The van der Waals surface area contributed by atoms with Crippen molar-refractivity contribution in [1.82, 2.24) is 4.90 Å². The Labute approximate surface area is 145 Å². The second-order valence-electron chi connectivity index (χ2n) is 7.34. The number of ether oxygens (including phenoxy) is 1. The predicted octanol–water partition coefficient (Wildman–Crippen LogP) is 0.655. The fourth-order valence-corrected chi connectivity index (χ4v) is 3.90. The summed E-state index contributed by atoms with van der Waals surface area (Å²) < 4.78 is 5.63. The first-order valence-corrected chi connectivity index (χ1v) is 9.64. The molecular formula is C18H35NO5. The summed E-state index contributed by atoms with van der Waals surface area (Å²) in [4.78, 5) is 1.90. The summed E-state index contributed by atoms with van der Waals surface area (Å²) in [7, 11) is 0. The van der Waals surface area contributed by atoms with Gasteiger partial charge in [0.2, 0.25) is 0 Å². The van der Waals surface area contributed by atoms with Crippen molar-refractivity contribution < 1.29 is 25.2 Å². The largest absolute Gasteiger partial charge is 0.395 e. The van der Waals surface area contributed by atoms with Crippen LogP contribution in [-0.4, -0.2) is 82.1 Å². The van der Waals surface area contributed by atoms with Gasteiger partial charge in [0.25, 0.3) is 0 Å². The molecule has 0 aromatic heterocycles. The summed E-state index contributed by atoms with van der Waals surface area (Å²) in [5.41, 5.74) is 0. The first kappa shape index (κ1) is 20.1. The summed E-state index contributed by atoms with van der Waals surface area (Å²) in [5, 5.41) is 38.8. The van der Waals surface area contributed by atoms with E-state index in [1.165, 1.54) is 44.9 Å². The average Bonchev–Trinajstić information content (AvgIpc) is 3.08. The van der Waals surface area contributed by atoms with Crippen LogP contribution in [0.2, 0.25) is 0 Å². The number of hydrogen-bond acceptors (Lipinski definition) is 6. The first-order valence-electron chi connectivity index (χ1n) is 9.64. The van der Waals surface area contributed by atoms with Gasteiger partial charge in [-0.05, 0) is 32.2 Å². The molecule has 0 amide bonds. The van der Waals surface area contributed by atoms with E-state index >= 15 is 0 Å². The van der Waals surface area contributed by atoms with Crippen LogP contribution in [0.15, 0.2) is 0 Å². The maximum Gasteiger partial charge on any atom is 0.109 e. The Kier molecular flexibility index (Phi) is 8.94. The normalized spacial score (nSPS) is 34.8. The molecule has 2 saturated heterocycles. The van der Waals surface area contributed by atoms with Gasteiger partial charge < -0.3 is 25.2 Å². The van der Waals surface area contributed by atoms with Gasteiger partial charge in [-0.15, -0.1) is 0 Å². The van der Waals surface area contributed by atoms with E-state index in [1.54, 1.807) is 0 Å². The molecule has 0 aromatic rings. The van der Waals surface area contributed by atoms with Crippen LogP contribution in [0.4, 0.5) is 0 Å². The van der Waals surface area contributed by atoms with Crippen molar-refractivity contribution in [1.29, 1.82) is 0 Å². The molecule has 2 heterocycles. The van der Waals surface area contributed by atoms with Crippen molar-refractivity contribution in [2.24, 2.45) is 0 Å². The summed E-state index contributed by atoms with van der Waals surface area (Å²) in [6.07, 6.45) is 7.99. The lowest BCUT2D eigenvalue weighted by atomic mass is 9.94. The van der Waals surface area contributed by atoms with Crippen LogP contribution in [0.25, 0.3) is 0 Å². The predicted molar refractivity (Wildman–Crippen MR) is 91.8 cm³/mol. The SMILES string of the molecule is OCC1C(O)C(O)C(O)CN1CCCCCCCC[C@H]1CCCO1. The molecule has 6 nitrogen and oxygen atoms in total. The minimum absolute atomic E-state index is 0.200. The quantitative estimate of drug-likeness (QED) is 0.435. The van der Waals surface area contributed by atoms with Gasteiger partial charge >= 0.3 is 0 Å². The zero-order valence-electron chi connectivity index (χ0n) is 14.7. The maximum absolute atomic E-state index is 9.95. The Bertz CT molecular complexity index is 337. The minimum atomic E-state index is -1.16. The smallest absolute Gasteiger partial charge is 0.109 e. The molecule has 142 valence electrons. The monoisotopic (exact) mass is 345 g/mol. The van der Waals surface area contributed by atoms with E-state index in [1.807, 2.05) is 4.90 Å². The molecule has 0 saturated carbocycles. The topological polar surface area (TPSA) is 93.4 Å². The minimum Gasteiger partial charge on any atom is -0.395 e. The number of piperidine rings is 1. The highest BCUT2D eigenvalue weighted by molar-refractivity contribution is 4.93. The Morgan fingerprint density at radius 2 is 1.62 bits per heavy atom. The molecule has 2 aliphatic heterocycles. The lowest BCUT2D eigenvalue weighted by molar-refractivity contribution is -0.145. The summed E-state index contributed by atoms with van der Waals surface area (Å²) in [6, 6.07) is -0.477. The van der Waals surface area contributed by atoms with Crippen LogP contribution >= 0.6 is 0 Å². The highest BCUT2D eigenvalue weighted by Crippen LogP contribution is 2.21. The Hall–Kier alpha value is -0.240. The fourth-order valence-electron chi connectivity index (χ4n) is 3.90. The van der Waals surface area contributed by atoms with E-state index < -0.39 is 24.4 Å². The molecule has 0 radical (unpaired) electrons. The van der Waals surface area contributed by atoms with Crippen LogP contribution < -0.4 is 0 Å². The van der Waals surface area contributed by atoms with Gasteiger partial charge in [-0.1, -0.05) is 32.1 Å². The van der Waals surface area contributed by atoms with E-state index in [9.17, 15) is 20.4 Å². The van der Waals surface area contributed by atoms with E-state index in [0.29, 0.717) is 12.6 Å². The number of aliphatic hydroxyl groups excluding tert-OH is 4. The standard InChI is InChI=1S/C18H35NO5/c20-13-15-17(22)18(23)16(21)12-19(15)10-6-4-2-1-3-5-8-14-9-7-11-24-14/h14-18,20-23H,1-13H2/t14-,15?,16?,17?,18?/m0/s1. The summed E-state index contributed by atoms with van der Waals surface area (Å²) >= 11 is 0. The van der Waals surface area contributed by atoms with Gasteiger partial charge in [0.05, 0.1) is 24.9 Å². The van der Waals surface area contributed by atoms with Crippen LogP contribution in [-0.2, 0) is 4.74 Å². The molecule has 5 atom stereocenters. The van der Waals surface area contributed by atoms with E-state index in [-0.39, 0.29) is 6.61 Å². The van der Waals surface area contributed by atoms with Crippen molar-refractivity contribution in [2.45, 2.75) is 88.2 Å². The number of β-amino-alcohol motifs (C(OH)–C–C–N with tert-alkyl or cyclic N) is 1. The summed E-state index contributed by atoms with van der Waals surface area (Å²) in [6.45, 7) is 1.79. The Morgan fingerprint density at radius 1 is 0.917 bits per heavy atom. The third kappa shape index (κ3) is 5.93. The van der Waals surface area contributed by atoms with Crippen molar-refractivity contribution in [3.63, 3.8) is 0 Å². The number of rotatable bonds is 10. The average molecular weight is 345 g/mol. The number of nitrogens with zero attached hydrogens (tertiary/aromatic N) is 1. The highest BCUT2D eigenvalue weighted by atomic mass is 16.5. The molecule has 2 rings (SSSR count). The van der Waals surface area contributed by atoms with Gasteiger partial charge in [-0.3, -0.25) is 4.90 Å². The van der Waals surface area contributed by atoms with Gasteiger partial charge in [0.1, 0.15) is 12.2 Å². The zero-order chi connectivity index (χ0) is 17.4. The second kappa shape index (κ2) is 10.7. The van der Waals surface area contributed by atoms with Crippen LogP contribution in [0, 0.1) is 0 Å². The van der Waals surface area contributed by atoms with Crippen molar-refractivity contribution in [3.8, 4) is 0 Å². The number of likely N-dealkylation sites (tertiary alicyclic amines) is 1. The molecule has 0 bridgehead atoms. The summed E-state index contributed by atoms with van der Waals surface area (Å²) in [5.74, 6) is 0. The lowest BCUT2D eigenvalue weighted by Gasteiger charge is -2.43. The van der Waals surface area contributed by atoms with Crippen LogP contribution in [0.1, 0.15) is 57.8 Å². The molecule has 2 aliphatic rings. The zero-order valence-corrected chi connectivity index (χ0v) is 14.7. The van der Waals surface area contributed by atoms with Gasteiger partial charge in [0.15, 0.2) is 0 Å². The van der Waals surface area contributed by atoms with Gasteiger partial charge in [-0.2, -0.15) is 0 Å². The molecule has 6 heteroatoms. The van der Waals surface area contributed by atoms with Crippen molar-refractivity contribution in [2.75, 3.05) is 26.3 Å². The van der Waals surface area contributed by atoms with E-state index in [0.717, 1.165) is 26.0 Å². The molecule has 4 N–H and O–H groups in total. The molecular weight excluding hydrogens is 310 g/mol. The van der Waals surface area contributed by atoms with Crippen LogP contribution in [0.5, 0.6) is 0 Å². The second-order valence-corrected chi connectivity index (χ2v) is 7.34. The first-order chi connectivity index (χ1) is 11.6. The van der Waals surface area contributed by atoms with Gasteiger partial charge in [0, 0.05) is 13.2 Å². The number of unbranched alkanes of at least 4 members (excludes halogenated alkanes) is 5. The lowest BCUT2D eigenvalue weighted by Crippen LogP contribution is -2.62. The number of hydrogen-bond donors (Lipinski definition) is 4. The Morgan fingerprint density at radius 3 is 2.29 bits per heavy atom. The molecule has 2 fully saturated rings.